The Morgan fingerprint density at radius 2 is 2.12 bits per heavy atom. The first-order valence-corrected chi connectivity index (χ1v) is 7.15. The lowest BCUT2D eigenvalue weighted by atomic mass is 10.4. The first-order valence-electron chi connectivity index (χ1n) is 4.58. The van der Waals surface area contributed by atoms with Crippen molar-refractivity contribution >= 4 is 39.2 Å². The zero-order valence-electron chi connectivity index (χ0n) is 8.36. The predicted molar refractivity (Wildman–Crippen MR) is 64.4 cm³/mol. The van der Waals surface area contributed by atoms with Crippen LogP contribution >= 0.6 is 23.2 Å². The molecule has 0 bridgehead atoms. The summed E-state index contributed by atoms with van der Waals surface area (Å²) in [5.74, 6) is 0.428. The van der Waals surface area contributed by atoms with Crippen LogP contribution in [0.5, 0.6) is 0 Å². The summed E-state index contributed by atoms with van der Waals surface area (Å²) in [6.45, 7) is 0. The highest BCUT2D eigenvalue weighted by Crippen LogP contribution is 2.08. The van der Waals surface area contributed by atoms with E-state index >= 15 is 0 Å². The highest BCUT2D eigenvalue weighted by atomic mass is 35.5. The average Bonchev–Trinajstić information content (AvgIpc) is 2.17. The van der Waals surface area contributed by atoms with E-state index in [1.54, 1.807) is 0 Å². The molecule has 0 aliphatic heterocycles. The molecule has 0 aliphatic rings. The summed E-state index contributed by atoms with van der Waals surface area (Å²) in [6.07, 6.45) is 2.53. The third kappa shape index (κ3) is 4.96. The lowest BCUT2D eigenvalue weighted by Gasteiger charge is -2.05. The van der Waals surface area contributed by atoms with Crippen LogP contribution in [0, 0.1) is 0 Å². The molecule has 0 saturated heterocycles. The van der Waals surface area contributed by atoms with Gasteiger partial charge in [-0.3, -0.25) is 4.72 Å². The monoisotopic (exact) mass is 283 g/mol. The second-order valence-corrected chi connectivity index (χ2v) is 5.63. The molecule has 1 heterocycles. The summed E-state index contributed by atoms with van der Waals surface area (Å²) in [7, 11) is -3.42. The van der Waals surface area contributed by atoms with E-state index in [2.05, 4.69) is 14.7 Å². The Kier molecular flexibility index (Phi) is 5.24. The highest BCUT2D eigenvalue weighted by Gasteiger charge is 2.11. The SMILES string of the molecule is O=S(=O)(CCCCCl)Nc1nccc(Cl)n1. The lowest BCUT2D eigenvalue weighted by Crippen LogP contribution is -2.18. The van der Waals surface area contributed by atoms with Gasteiger partial charge in [0.15, 0.2) is 0 Å². The Balaban J connectivity index is 2.59. The number of halogens is 2. The number of unbranched alkanes of at least 4 members (excludes halogenated alkanes) is 1. The zero-order chi connectivity index (χ0) is 12.0. The Morgan fingerprint density at radius 3 is 2.75 bits per heavy atom. The maximum Gasteiger partial charge on any atom is 0.237 e. The van der Waals surface area contributed by atoms with Gasteiger partial charge in [0.2, 0.25) is 16.0 Å². The van der Waals surface area contributed by atoms with Gasteiger partial charge in [0.05, 0.1) is 5.75 Å². The molecule has 0 aliphatic carbocycles. The zero-order valence-corrected chi connectivity index (χ0v) is 10.7. The van der Waals surface area contributed by atoms with E-state index in [-0.39, 0.29) is 16.9 Å². The van der Waals surface area contributed by atoms with E-state index in [0.717, 1.165) is 0 Å². The van der Waals surface area contributed by atoms with Crippen LogP contribution in [-0.4, -0.2) is 30.0 Å². The fourth-order valence-electron chi connectivity index (χ4n) is 0.963. The predicted octanol–water partition coefficient (Wildman–Crippen LogP) is 1.89. The molecule has 8 heteroatoms. The van der Waals surface area contributed by atoms with Crippen molar-refractivity contribution in [1.82, 2.24) is 9.97 Å². The molecule has 0 fully saturated rings. The third-order valence-corrected chi connectivity index (χ3v) is 3.46. The minimum absolute atomic E-state index is 0.00437. The van der Waals surface area contributed by atoms with Crippen molar-refractivity contribution in [2.45, 2.75) is 12.8 Å². The maximum absolute atomic E-state index is 11.5. The van der Waals surface area contributed by atoms with Gasteiger partial charge in [-0.1, -0.05) is 11.6 Å². The lowest BCUT2D eigenvalue weighted by molar-refractivity contribution is 0.597. The van der Waals surface area contributed by atoms with Gasteiger partial charge >= 0.3 is 0 Å². The Bertz CT molecular complexity index is 439. The first-order chi connectivity index (χ1) is 7.53. The second-order valence-electron chi connectivity index (χ2n) is 3.02. The van der Waals surface area contributed by atoms with E-state index in [4.69, 9.17) is 23.2 Å². The van der Waals surface area contributed by atoms with Gasteiger partial charge in [-0.2, -0.15) is 0 Å². The van der Waals surface area contributed by atoms with Crippen molar-refractivity contribution in [3.63, 3.8) is 0 Å². The van der Waals surface area contributed by atoms with Crippen molar-refractivity contribution in [3.8, 4) is 0 Å². The van der Waals surface area contributed by atoms with Gasteiger partial charge in [-0.25, -0.2) is 18.4 Å². The van der Waals surface area contributed by atoms with Crippen LogP contribution in [0.15, 0.2) is 12.3 Å². The molecule has 1 rings (SSSR count). The molecule has 5 nitrogen and oxygen atoms in total. The van der Waals surface area contributed by atoms with E-state index in [1.807, 2.05) is 0 Å². The summed E-state index contributed by atoms with van der Waals surface area (Å²) in [6, 6.07) is 1.47. The molecule has 0 atom stereocenters. The molecule has 0 saturated carbocycles. The Labute approximate surface area is 104 Å². The van der Waals surface area contributed by atoms with Gasteiger partial charge in [0.1, 0.15) is 5.15 Å². The molecular formula is C8H11Cl2N3O2S. The van der Waals surface area contributed by atoms with Gasteiger partial charge in [-0.05, 0) is 18.9 Å². The van der Waals surface area contributed by atoms with Crippen molar-refractivity contribution in [2.24, 2.45) is 0 Å². The highest BCUT2D eigenvalue weighted by molar-refractivity contribution is 7.92. The van der Waals surface area contributed by atoms with Crippen LogP contribution < -0.4 is 4.72 Å². The quantitative estimate of drug-likeness (QED) is 0.492. The van der Waals surface area contributed by atoms with Crippen molar-refractivity contribution in [2.75, 3.05) is 16.4 Å². The average molecular weight is 284 g/mol. The smallest absolute Gasteiger partial charge is 0.237 e. The number of alkyl halides is 1. The van der Waals surface area contributed by atoms with Crippen LogP contribution in [0.1, 0.15) is 12.8 Å². The van der Waals surface area contributed by atoms with E-state index in [0.29, 0.717) is 18.7 Å². The van der Waals surface area contributed by atoms with E-state index < -0.39 is 10.0 Å². The number of rotatable bonds is 6. The second kappa shape index (κ2) is 6.22. The van der Waals surface area contributed by atoms with Crippen molar-refractivity contribution in [1.29, 1.82) is 0 Å². The Morgan fingerprint density at radius 1 is 1.38 bits per heavy atom. The minimum Gasteiger partial charge on any atom is -0.251 e. The molecule has 16 heavy (non-hydrogen) atoms. The standard InChI is InChI=1S/C8H11Cl2N3O2S/c9-4-1-2-6-16(14,15)13-8-11-5-3-7(10)12-8/h3,5H,1-2,4,6H2,(H,11,12,13). The molecule has 1 aromatic heterocycles. The summed E-state index contributed by atoms with van der Waals surface area (Å²) in [5, 5.41) is 0.188. The first kappa shape index (κ1) is 13.5. The summed E-state index contributed by atoms with van der Waals surface area (Å²) in [4.78, 5) is 7.47. The van der Waals surface area contributed by atoms with Gasteiger partial charge in [-0.15, -0.1) is 11.6 Å². The van der Waals surface area contributed by atoms with Crippen LogP contribution in [0.25, 0.3) is 0 Å². The topological polar surface area (TPSA) is 72.0 Å². The number of nitrogens with zero attached hydrogens (tertiary/aromatic N) is 2. The fourth-order valence-corrected chi connectivity index (χ4v) is 2.35. The minimum atomic E-state index is -3.42. The number of sulfonamides is 1. The normalized spacial score (nSPS) is 11.4. The molecule has 1 N–H and O–H groups in total. The van der Waals surface area contributed by atoms with Gasteiger partial charge < -0.3 is 0 Å². The maximum atomic E-state index is 11.5. The molecule has 0 aromatic carbocycles. The van der Waals surface area contributed by atoms with E-state index in [9.17, 15) is 8.42 Å². The number of hydrogen-bond donors (Lipinski definition) is 1. The molecule has 0 spiro atoms. The van der Waals surface area contributed by atoms with Gasteiger partial charge in [0, 0.05) is 12.1 Å². The number of anilines is 1. The van der Waals surface area contributed by atoms with Crippen molar-refractivity contribution < 1.29 is 8.42 Å². The van der Waals surface area contributed by atoms with Gasteiger partial charge in [0.25, 0.3) is 0 Å². The number of hydrogen-bond acceptors (Lipinski definition) is 4. The molecule has 0 radical (unpaired) electrons. The van der Waals surface area contributed by atoms with Crippen LogP contribution in [-0.2, 0) is 10.0 Å². The van der Waals surface area contributed by atoms with Crippen LogP contribution in [0.2, 0.25) is 5.15 Å². The fraction of sp³-hybridized carbons (Fsp3) is 0.500. The summed E-state index contributed by atoms with van der Waals surface area (Å²) >= 11 is 11.1. The van der Waals surface area contributed by atoms with Crippen LogP contribution in [0.4, 0.5) is 5.95 Å². The summed E-state index contributed by atoms with van der Waals surface area (Å²) < 4.78 is 25.3. The molecule has 0 amide bonds. The van der Waals surface area contributed by atoms with E-state index in [1.165, 1.54) is 12.3 Å². The largest absolute Gasteiger partial charge is 0.251 e. The molecule has 1 aromatic rings. The third-order valence-electron chi connectivity index (χ3n) is 1.67. The van der Waals surface area contributed by atoms with Crippen molar-refractivity contribution in [3.05, 3.63) is 17.4 Å². The number of aromatic nitrogens is 2. The van der Waals surface area contributed by atoms with Crippen LogP contribution in [0.3, 0.4) is 0 Å². The Hall–Kier alpha value is -0.590. The summed E-state index contributed by atoms with van der Waals surface area (Å²) in [5.41, 5.74) is 0. The molecule has 0 unspecified atom stereocenters. The molecular weight excluding hydrogens is 273 g/mol. The number of nitrogens with one attached hydrogen (secondary N) is 1. The molecule has 90 valence electrons.